The first-order chi connectivity index (χ1) is 8.09. The van der Waals surface area contributed by atoms with E-state index in [4.69, 9.17) is 0 Å². The van der Waals surface area contributed by atoms with Crippen LogP contribution in [-0.2, 0) is 10.2 Å². The summed E-state index contributed by atoms with van der Waals surface area (Å²) in [5, 5.41) is 20.5. The fourth-order valence-electron chi connectivity index (χ4n) is 1.97. The summed E-state index contributed by atoms with van der Waals surface area (Å²) in [6, 6.07) is 13.1. The van der Waals surface area contributed by atoms with Crippen molar-refractivity contribution in [2.45, 2.75) is 12.3 Å². The van der Waals surface area contributed by atoms with Crippen molar-refractivity contribution in [1.82, 2.24) is 0 Å². The first-order valence-electron chi connectivity index (χ1n) is 5.42. The fraction of sp³-hybridized carbons (Fsp3) is 0.214. The van der Waals surface area contributed by atoms with E-state index in [1.54, 1.807) is 6.07 Å². The molecule has 17 heavy (non-hydrogen) atoms. The summed E-state index contributed by atoms with van der Waals surface area (Å²) in [6.45, 7) is 1.12. The minimum absolute atomic E-state index is 0.420. The molecule has 0 aliphatic rings. The maximum atomic E-state index is 11.3. The summed E-state index contributed by atoms with van der Waals surface area (Å²) < 4.78 is 0. The predicted molar refractivity (Wildman–Crippen MR) is 66.0 cm³/mol. The van der Waals surface area contributed by atoms with E-state index >= 15 is 0 Å². The van der Waals surface area contributed by atoms with Crippen LogP contribution in [-0.4, -0.2) is 22.8 Å². The van der Waals surface area contributed by atoms with Crippen LogP contribution in [0, 0.1) is 0 Å². The highest BCUT2D eigenvalue weighted by molar-refractivity contribution is 5.92. The van der Waals surface area contributed by atoms with Crippen LogP contribution in [0.3, 0.4) is 0 Å². The quantitative estimate of drug-likeness (QED) is 0.849. The van der Waals surface area contributed by atoms with Crippen LogP contribution in [0.1, 0.15) is 12.5 Å². The molecule has 0 spiro atoms. The van der Waals surface area contributed by atoms with Gasteiger partial charge in [-0.3, -0.25) is 4.79 Å². The zero-order valence-corrected chi connectivity index (χ0v) is 9.55. The van der Waals surface area contributed by atoms with Gasteiger partial charge in [0.1, 0.15) is 5.41 Å². The Kier molecular flexibility index (Phi) is 2.86. The van der Waals surface area contributed by atoms with Gasteiger partial charge < -0.3 is 10.2 Å². The van der Waals surface area contributed by atoms with Gasteiger partial charge >= 0.3 is 5.97 Å². The van der Waals surface area contributed by atoms with E-state index in [0.717, 1.165) is 10.8 Å². The first-order valence-corrected chi connectivity index (χ1v) is 5.42. The number of fused-ring (bicyclic) bond motifs is 1. The SMILES string of the molecule is CC(CO)(C(=O)O)c1cccc2ccccc12. The van der Waals surface area contributed by atoms with Crippen molar-refractivity contribution in [1.29, 1.82) is 0 Å². The number of hydrogen-bond donors (Lipinski definition) is 2. The highest BCUT2D eigenvalue weighted by Crippen LogP contribution is 2.30. The largest absolute Gasteiger partial charge is 0.481 e. The van der Waals surface area contributed by atoms with Crippen molar-refractivity contribution in [3.63, 3.8) is 0 Å². The van der Waals surface area contributed by atoms with Crippen LogP contribution in [0.15, 0.2) is 42.5 Å². The Morgan fingerprint density at radius 1 is 1.18 bits per heavy atom. The molecule has 0 bridgehead atoms. The lowest BCUT2D eigenvalue weighted by Gasteiger charge is -2.24. The number of carboxylic acids is 1. The van der Waals surface area contributed by atoms with Gasteiger partial charge in [-0.1, -0.05) is 42.5 Å². The summed E-state index contributed by atoms with van der Waals surface area (Å²) in [4.78, 5) is 11.3. The Morgan fingerprint density at radius 2 is 1.82 bits per heavy atom. The molecule has 0 heterocycles. The fourth-order valence-corrected chi connectivity index (χ4v) is 1.97. The Hall–Kier alpha value is -1.87. The average molecular weight is 230 g/mol. The second-order valence-corrected chi connectivity index (χ2v) is 4.32. The molecule has 0 saturated heterocycles. The molecule has 3 heteroatoms. The van der Waals surface area contributed by atoms with Crippen LogP contribution in [0.5, 0.6) is 0 Å². The molecule has 0 fully saturated rings. The van der Waals surface area contributed by atoms with E-state index in [0.29, 0.717) is 5.56 Å². The minimum Gasteiger partial charge on any atom is -0.481 e. The minimum atomic E-state index is -1.26. The van der Waals surface area contributed by atoms with Gasteiger partial charge in [0.15, 0.2) is 0 Å². The Balaban J connectivity index is 2.74. The standard InChI is InChI=1S/C14H14O3/c1-14(9-15,13(16)17)12-8-4-6-10-5-2-3-7-11(10)12/h2-8,15H,9H2,1H3,(H,16,17). The van der Waals surface area contributed by atoms with Gasteiger partial charge in [-0.15, -0.1) is 0 Å². The lowest BCUT2D eigenvalue weighted by Crippen LogP contribution is -2.36. The maximum Gasteiger partial charge on any atom is 0.316 e. The molecule has 0 aromatic heterocycles. The molecule has 0 saturated carbocycles. The van der Waals surface area contributed by atoms with Gasteiger partial charge in [0.25, 0.3) is 0 Å². The van der Waals surface area contributed by atoms with Gasteiger partial charge in [-0.2, -0.15) is 0 Å². The molecule has 1 unspecified atom stereocenters. The second kappa shape index (κ2) is 4.18. The molecular weight excluding hydrogens is 216 g/mol. The molecular formula is C14H14O3. The molecule has 88 valence electrons. The van der Waals surface area contributed by atoms with Crippen molar-refractivity contribution >= 4 is 16.7 Å². The highest BCUT2D eigenvalue weighted by atomic mass is 16.4. The van der Waals surface area contributed by atoms with Gasteiger partial charge in [-0.05, 0) is 23.3 Å². The number of aliphatic hydroxyl groups excluding tert-OH is 1. The number of benzene rings is 2. The van der Waals surface area contributed by atoms with Crippen molar-refractivity contribution in [2.24, 2.45) is 0 Å². The summed E-state index contributed by atoms with van der Waals surface area (Å²) in [6.07, 6.45) is 0. The Bertz CT molecular complexity index is 557. The zero-order chi connectivity index (χ0) is 12.5. The van der Waals surface area contributed by atoms with E-state index in [1.165, 1.54) is 6.92 Å². The first kappa shape index (κ1) is 11.6. The van der Waals surface area contributed by atoms with Crippen molar-refractivity contribution in [3.05, 3.63) is 48.0 Å². The maximum absolute atomic E-state index is 11.3. The third-order valence-corrected chi connectivity index (χ3v) is 3.17. The molecule has 1 atom stereocenters. The number of carboxylic acid groups (broad SMARTS) is 1. The molecule has 2 rings (SSSR count). The van der Waals surface area contributed by atoms with Gasteiger partial charge in [0, 0.05) is 0 Å². The molecule has 2 aromatic rings. The summed E-state index contributed by atoms with van der Waals surface area (Å²) in [7, 11) is 0. The molecule has 0 radical (unpaired) electrons. The van der Waals surface area contributed by atoms with E-state index in [2.05, 4.69) is 0 Å². The molecule has 3 nitrogen and oxygen atoms in total. The van der Waals surface area contributed by atoms with Gasteiger partial charge in [-0.25, -0.2) is 0 Å². The molecule has 0 aliphatic carbocycles. The summed E-state index contributed by atoms with van der Waals surface area (Å²) in [5.74, 6) is -1.02. The van der Waals surface area contributed by atoms with Crippen LogP contribution in [0.4, 0.5) is 0 Å². The molecule has 2 N–H and O–H groups in total. The Labute approximate surface area is 99.3 Å². The number of rotatable bonds is 3. The van der Waals surface area contributed by atoms with Crippen molar-refractivity contribution in [3.8, 4) is 0 Å². The van der Waals surface area contributed by atoms with Crippen LogP contribution < -0.4 is 0 Å². The third kappa shape index (κ3) is 1.78. The van der Waals surface area contributed by atoms with Crippen molar-refractivity contribution < 1.29 is 15.0 Å². The highest BCUT2D eigenvalue weighted by Gasteiger charge is 2.35. The predicted octanol–water partition coefficient (Wildman–Crippen LogP) is 2.17. The Morgan fingerprint density at radius 3 is 2.47 bits per heavy atom. The smallest absolute Gasteiger partial charge is 0.316 e. The molecule has 0 amide bonds. The van der Waals surface area contributed by atoms with E-state index < -0.39 is 18.0 Å². The number of aliphatic carboxylic acids is 1. The van der Waals surface area contributed by atoms with E-state index in [1.807, 2.05) is 36.4 Å². The normalized spacial score (nSPS) is 14.5. The van der Waals surface area contributed by atoms with Crippen LogP contribution in [0.2, 0.25) is 0 Å². The van der Waals surface area contributed by atoms with Crippen LogP contribution in [0.25, 0.3) is 10.8 Å². The van der Waals surface area contributed by atoms with Gasteiger partial charge in [0.05, 0.1) is 6.61 Å². The lowest BCUT2D eigenvalue weighted by atomic mass is 9.80. The molecule has 2 aromatic carbocycles. The monoisotopic (exact) mass is 230 g/mol. The average Bonchev–Trinajstić information content (AvgIpc) is 2.37. The van der Waals surface area contributed by atoms with Crippen molar-refractivity contribution in [2.75, 3.05) is 6.61 Å². The van der Waals surface area contributed by atoms with Gasteiger partial charge in [0.2, 0.25) is 0 Å². The second-order valence-electron chi connectivity index (χ2n) is 4.32. The number of carbonyl (C=O) groups is 1. The van der Waals surface area contributed by atoms with Crippen LogP contribution >= 0.6 is 0 Å². The number of hydrogen-bond acceptors (Lipinski definition) is 2. The lowest BCUT2D eigenvalue weighted by molar-refractivity contribution is -0.144. The third-order valence-electron chi connectivity index (χ3n) is 3.17. The molecule has 0 aliphatic heterocycles. The summed E-state index contributed by atoms with van der Waals surface area (Å²) >= 11 is 0. The zero-order valence-electron chi connectivity index (χ0n) is 9.55. The number of aliphatic hydroxyl groups is 1. The van der Waals surface area contributed by atoms with E-state index in [-0.39, 0.29) is 0 Å². The topological polar surface area (TPSA) is 57.5 Å². The van der Waals surface area contributed by atoms with E-state index in [9.17, 15) is 15.0 Å². The summed E-state index contributed by atoms with van der Waals surface area (Å²) in [5.41, 5.74) is -0.619.